The number of rotatable bonds is 3. The van der Waals surface area contributed by atoms with Crippen LogP contribution in [0.25, 0.3) is 0 Å². The minimum Gasteiger partial charge on any atom is -0.369 e. The fraction of sp³-hybridized carbons (Fsp3) is 0.571. The first-order chi connectivity index (χ1) is 9.09. The van der Waals surface area contributed by atoms with Crippen molar-refractivity contribution < 1.29 is 0 Å². The van der Waals surface area contributed by atoms with Crippen LogP contribution in [0.3, 0.4) is 0 Å². The Balaban J connectivity index is 2.23. The second-order valence-electron chi connectivity index (χ2n) is 5.26. The van der Waals surface area contributed by atoms with Crippen molar-refractivity contribution in [3.63, 3.8) is 0 Å². The number of hydrogen-bond acceptors (Lipinski definition) is 2. The molecule has 104 valence electrons. The zero-order valence-corrected chi connectivity index (χ0v) is 11.8. The van der Waals surface area contributed by atoms with Gasteiger partial charge in [-0.3, -0.25) is 0 Å². The lowest BCUT2D eigenvalue weighted by molar-refractivity contribution is 0.346. The van der Waals surface area contributed by atoms with Crippen LogP contribution in [0.15, 0.2) is 16.3 Å². The number of nitrogens with two attached hydrogens (primary N) is 2. The Bertz CT molecular complexity index is 488. The zero-order valence-electron chi connectivity index (χ0n) is 11.8. The summed E-state index contributed by atoms with van der Waals surface area (Å²) < 4.78 is 2.44. The number of aryl methyl sites for hydroxylation is 1. The minimum absolute atomic E-state index is 0.0164. The van der Waals surface area contributed by atoms with Gasteiger partial charge in [0.2, 0.25) is 5.96 Å². The predicted octanol–water partition coefficient (Wildman–Crippen LogP) is 2.22. The highest BCUT2D eigenvalue weighted by molar-refractivity contribution is 5.83. The number of aromatic nitrogens is 1. The van der Waals surface area contributed by atoms with Gasteiger partial charge in [-0.05, 0) is 32.8 Å². The van der Waals surface area contributed by atoms with Crippen molar-refractivity contribution in [3.05, 3.63) is 23.0 Å². The van der Waals surface area contributed by atoms with Gasteiger partial charge in [0.25, 0.3) is 0 Å². The van der Waals surface area contributed by atoms with E-state index in [1.54, 1.807) is 6.21 Å². The quantitative estimate of drug-likeness (QED) is 0.497. The molecule has 1 heterocycles. The van der Waals surface area contributed by atoms with Crippen molar-refractivity contribution >= 4 is 12.2 Å². The van der Waals surface area contributed by atoms with Gasteiger partial charge in [-0.2, -0.15) is 5.10 Å². The Labute approximate surface area is 114 Å². The van der Waals surface area contributed by atoms with Crippen molar-refractivity contribution in [2.75, 3.05) is 0 Å². The van der Waals surface area contributed by atoms with Crippen LogP contribution < -0.4 is 11.5 Å². The van der Waals surface area contributed by atoms with E-state index in [9.17, 15) is 0 Å². The molecule has 1 aromatic heterocycles. The van der Waals surface area contributed by atoms with Crippen molar-refractivity contribution in [3.8, 4) is 0 Å². The van der Waals surface area contributed by atoms with Crippen LogP contribution >= 0.6 is 0 Å². The standard InChI is InChI=1S/C14H23N5/c1-10-8-12(9-17-18-14(15)16)11(2)19(10)13-6-4-3-5-7-13/h8-9,13H,3-7H2,1-2H3,(H4,15,16,18)/b17-9+. The lowest BCUT2D eigenvalue weighted by Gasteiger charge is -2.26. The smallest absolute Gasteiger partial charge is 0.211 e. The van der Waals surface area contributed by atoms with Gasteiger partial charge in [-0.25, -0.2) is 0 Å². The van der Waals surface area contributed by atoms with E-state index in [4.69, 9.17) is 11.5 Å². The Kier molecular flexibility index (Phi) is 4.24. The Morgan fingerprint density at radius 2 is 1.95 bits per heavy atom. The maximum atomic E-state index is 5.26. The van der Waals surface area contributed by atoms with Crippen molar-refractivity contribution in [2.45, 2.75) is 52.0 Å². The summed E-state index contributed by atoms with van der Waals surface area (Å²) in [5, 5.41) is 7.55. The van der Waals surface area contributed by atoms with Crippen LogP contribution in [-0.4, -0.2) is 16.7 Å². The minimum atomic E-state index is -0.0164. The molecular formula is C14H23N5. The highest BCUT2D eigenvalue weighted by Crippen LogP contribution is 2.31. The topological polar surface area (TPSA) is 81.7 Å². The molecule has 1 aliphatic carbocycles. The summed E-state index contributed by atoms with van der Waals surface area (Å²) in [7, 11) is 0. The molecule has 1 saturated carbocycles. The number of hydrogen-bond donors (Lipinski definition) is 2. The largest absolute Gasteiger partial charge is 0.369 e. The molecule has 0 atom stereocenters. The van der Waals surface area contributed by atoms with E-state index in [0.717, 1.165) is 5.56 Å². The molecule has 0 amide bonds. The maximum Gasteiger partial charge on any atom is 0.211 e. The molecule has 1 aliphatic rings. The Morgan fingerprint density at radius 3 is 2.58 bits per heavy atom. The maximum absolute atomic E-state index is 5.26. The first-order valence-electron chi connectivity index (χ1n) is 6.90. The first-order valence-corrected chi connectivity index (χ1v) is 6.90. The molecule has 1 fully saturated rings. The molecule has 19 heavy (non-hydrogen) atoms. The molecule has 5 heteroatoms. The Hall–Kier alpha value is -1.78. The zero-order chi connectivity index (χ0) is 13.8. The van der Waals surface area contributed by atoms with Gasteiger partial charge >= 0.3 is 0 Å². The van der Waals surface area contributed by atoms with E-state index < -0.39 is 0 Å². The summed E-state index contributed by atoms with van der Waals surface area (Å²) >= 11 is 0. The highest BCUT2D eigenvalue weighted by atomic mass is 15.3. The predicted molar refractivity (Wildman–Crippen MR) is 79.4 cm³/mol. The van der Waals surface area contributed by atoms with Gasteiger partial charge in [-0.15, -0.1) is 5.10 Å². The van der Waals surface area contributed by atoms with Crippen molar-refractivity contribution in [2.24, 2.45) is 21.7 Å². The molecule has 2 rings (SSSR count). The third kappa shape index (κ3) is 3.16. The van der Waals surface area contributed by atoms with E-state index >= 15 is 0 Å². The Morgan fingerprint density at radius 1 is 1.26 bits per heavy atom. The van der Waals surface area contributed by atoms with E-state index in [1.807, 2.05) is 0 Å². The molecule has 0 aliphatic heterocycles. The molecule has 0 saturated heterocycles. The summed E-state index contributed by atoms with van der Waals surface area (Å²) in [6, 6.07) is 2.79. The third-order valence-corrected chi connectivity index (χ3v) is 3.83. The average molecular weight is 261 g/mol. The fourth-order valence-electron chi connectivity index (χ4n) is 2.99. The molecule has 0 radical (unpaired) electrons. The van der Waals surface area contributed by atoms with E-state index in [2.05, 4.69) is 34.7 Å². The molecule has 4 N–H and O–H groups in total. The second kappa shape index (κ2) is 5.91. The summed E-state index contributed by atoms with van der Waals surface area (Å²) in [5.74, 6) is -0.0164. The number of nitrogens with zero attached hydrogens (tertiary/aromatic N) is 3. The lowest BCUT2D eigenvalue weighted by atomic mass is 9.95. The van der Waals surface area contributed by atoms with Crippen LogP contribution in [0.2, 0.25) is 0 Å². The molecule has 0 spiro atoms. The molecule has 0 aromatic carbocycles. The third-order valence-electron chi connectivity index (χ3n) is 3.83. The summed E-state index contributed by atoms with van der Waals surface area (Å²) in [4.78, 5) is 0. The van der Waals surface area contributed by atoms with Gasteiger partial charge in [0, 0.05) is 23.0 Å². The van der Waals surface area contributed by atoms with Crippen LogP contribution in [0.5, 0.6) is 0 Å². The lowest BCUT2D eigenvalue weighted by Crippen LogP contribution is -2.21. The van der Waals surface area contributed by atoms with Gasteiger partial charge in [0.05, 0.1) is 6.21 Å². The molecule has 0 unspecified atom stereocenters. The SMILES string of the molecule is Cc1cc(/C=N/N=C(N)N)c(C)n1C1CCCCC1. The second-order valence-corrected chi connectivity index (χ2v) is 5.26. The average Bonchev–Trinajstić information content (AvgIpc) is 2.65. The van der Waals surface area contributed by atoms with Crippen LogP contribution in [0.1, 0.15) is 55.1 Å². The highest BCUT2D eigenvalue weighted by Gasteiger charge is 2.19. The molecule has 1 aromatic rings. The number of guanidine groups is 1. The molecule has 5 nitrogen and oxygen atoms in total. The molecule has 0 bridgehead atoms. The van der Waals surface area contributed by atoms with Gasteiger partial charge in [-0.1, -0.05) is 19.3 Å². The van der Waals surface area contributed by atoms with E-state index in [0.29, 0.717) is 6.04 Å². The summed E-state index contributed by atoms with van der Waals surface area (Å²) in [6.07, 6.45) is 8.32. The first kappa shape index (κ1) is 13.6. The monoisotopic (exact) mass is 261 g/mol. The van der Waals surface area contributed by atoms with Gasteiger partial charge in [0.15, 0.2) is 0 Å². The van der Waals surface area contributed by atoms with Gasteiger partial charge < -0.3 is 16.0 Å². The summed E-state index contributed by atoms with van der Waals surface area (Å²) in [6.45, 7) is 4.29. The van der Waals surface area contributed by atoms with E-state index in [1.165, 1.54) is 43.5 Å². The molecular weight excluding hydrogens is 238 g/mol. The normalized spacial score (nSPS) is 16.9. The fourth-order valence-corrected chi connectivity index (χ4v) is 2.99. The van der Waals surface area contributed by atoms with Crippen molar-refractivity contribution in [1.82, 2.24) is 4.57 Å². The summed E-state index contributed by atoms with van der Waals surface area (Å²) in [5.41, 5.74) is 14.1. The van der Waals surface area contributed by atoms with Crippen molar-refractivity contribution in [1.29, 1.82) is 0 Å². The van der Waals surface area contributed by atoms with Crippen LogP contribution in [-0.2, 0) is 0 Å². The van der Waals surface area contributed by atoms with Crippen LogP contribution in [0.4, 0.5) is 0 Å². The van der Waals surface area contributed by atoms with Gasteiger partial charge in [0.1, 0.15) is 0 Å². The van der Waals surface area contributed by atoms with E-state index in [-0.39, 0.29) is 5.96 Å². The van der Waals surface area contributed by atoms with Crippen LogP contribution in [0, 0.1) is 13.8 Å².